The van der Waals surface area contributed by atoms with Gasteiger partial charge in [0.2, 0.25) is 0 Å². The third kappa shape index (κ3) is 3.84. The van der Waals surface area contributed by atoms with E-state index < -0.39 is 18.7 Å². The van der Waals surface area contributed by atoms with Crippen molar-refractivity contribution in [3.63, 3.8) is 0 Å². The number of nitrogens with zero attached hydrogens (tertiary/aromatic N) is 2. The van der Waals surface area contributed by atoms with E-state index >= 15 is 0 Å². The second-order valence-corrected chi connectivity index (χ2v) is 3.60. The van der Waals surface area contributed by atoms with Gasteiger partial charge in [-0.1, -0.05) is 0 Å². The molecule has 1 rings (SSSR count). The van der Waals surface area contributed by atoms with E-state index in [0.717, 1.165) is 0 Å². The van der Waals surface area contributed by atoms with E-state index in [1.807, 2.05) is 6.92 Å². The van der Waals surface area contributed by atoms with E-state index in [0.29, 0.717) is 12.2 Å². The van der Waals surface area contributed by atoms with Gasteiger partial charge in [0, 0.05) is 19.2 Å². The van der Waals surface area contributed by atoms with Crippen LogP contribution in [0.15, 0.2) is 12.3 Å². The molecule has 16 heavy (non-hydrogen) atoms. The monoisotopic (exact) mass is 236 g/mol. The van der Waals surface area contributed by atoms with Crippen molar-refractivity contribution < 1.29 is 18.3 Å². The zero-order chi connectivity index (χ0) is 12.2. The lowest BCUT2D eigenvalue weighted by molar-refractivity contribution is -0.136. The van der Waals surface area contributed by atoms with Crippen LogP contribution >= 0.6 is 0 Å². The minimum atomic E-state index is -4.15. The lowest BCUT2D eigenvalue weighted by atomic mass is 10.1. The number of aliphatic hydroxyl groups is 1. The number of hydrogen-bond acceptors (Lipinski definition) is 2. The maximum absolute atomic E-state index is 11.9. The molecule has 1 aromatic rings. The van der Waals surface area contributed by atoms with Crippen molar-refractivity contribution in [3.05, 3.63) is 18.0 Å². The first-order valence-corrected chi connectivity index (χ1v) is 5.20. The molecule has 0 aliphatic rings. The molecule has 0 amide bonds. The Labute approximate surface area is 91.9 Å². The summed E-state index contributed by atoms with van der Waals surface area (Å²) in [5, 5.41) is 13.6. The van der Waals surface area contributed by atoms with Crippen LogP contribution in [0.2, 0.25) is 0 Å². The van der Waals surface area contributed by atoms with Crippen LogP contribution < -0.4 is 0 Å². The van der Waals surface area contributed by atoms with E-state index in [-0.39, 0.29) is 12.8 Å². The summed E-state index contributed by atoms with van der Waals surface area (Å²) in [5.41, 5.74) is 0.574. The van der Waals surface area contributed by atoms with Gasteiger partial charge in [0.1, 0.15) is 0 Å². The Hall–Kier alpha value is -1.04. The lowest BCUT2D eigenvalue weighted by Gasteiger charge is -2.12. The molecular weight excluding hydrogens is 221 g/mol. The number of rotatable bonds is 5. The van der Waals surface area contributed by atoms with Crippen molar-refractivity contribution in [2.45, 2.75) is 45.0 Å². The zero-order valence-electron chi connectivity index (χ0n) is 9.04. The normalized spacial score (nSPS) is 14.1. The summed E-state index contributed by atoms with van der Waals surface area (Å²) in [6.45, 7) is 2.46. The van der Waals surface area contributed by atoms with E-state index in [2.05, 4.69) is 5.10 Å². The van der Waals surface area contributed by atoms with Gasteiger partial charge in [0.05, 0.1) is 11.8 Å². The van der Waals surface area contributed by atoms with Gasteiger partial charge in [0.25, 0.3) is 0 Å². The second kappa shape index (κ2) is 5.34. The number of alkyl halides is 3. The van der Waals surface area contributed by atoms with E-state index in [1.165, 1.54) is 6.20 Å². The first-order valence-electron chi connectivity index (χ1n) is 5.20. The van der Waals surface area contributed by atoms with Crippen LogP contribution in [0.1, 0.15) is 38.0 Å². The highest BCUT2D eigenvalue weighted by Gasteiger charge is 2.26. The summed E-state index contributed by atoms with van der Waals surface area (Å²) in [6.07, 6.45) is -4.31. The summed E-state index contributed by atoms with van der Waals surface area (Å²) >= 11 is 0. The molecule has 3 nitrogen and oxygen atoms in total. The maximum Gasteiger partial charge on any atom is 0.389 e. The van der Waals surface area contributed by atoms with Crippen LogP contribution in [0, 0.1) is 0 Å². The summed E-state index contributed by atoms with van der Waals surface area (Å²) in [4.78, 5) is 0. The van der Waals surface area contributed by atoms with Crippen molar-refractivity contribution in [2.24, 2.45) is 0 Å². The number of aromatic nitrogens is 2. The topological polar surface area (TPSA) is 38.0 Å². The molecule has 0 aliphatic heterocycles. The fourth-order valence-electron chi connectivity index (χ4n) is 1.53. The van der Waals surface area contributed by atoms with Crippen LogP contribution in [0.5, 0.6) is 0 Å². The number of halogens is 3. The Bertz CT molecular complexity index is 322. The van der Waals surface area contributed by atoms with Crippen molar-refractivity contribution in [1.29, 1.82) is 0 Å². The summed E-state index contributed by atoms with van der Waals surface area (Å²) < 4.78 is 37.3. The van der Waals surface area contributed by atoms with Crippen LogP contribution in [0.4, 0.5) is 13.2 Å². The predicted molar refractivity (Wildman–Crippen MR) is 52.8 cm³/mol. The van der Waals surface area contributed by atoms with Gasteiger partial charge in [-0.15, -0.1) is 0 Å². The Kier molecular flexibility index (Phi) is 4.35. The molecule has 0 aliphatic carbocycles. The standard InChI is InChI=1S/C10H15F3N2O/c1-2-15-8(5-7-14-15)9(16)4-3-6-10(11,12)13/h5,7,9,16H,2-4,6H2,1H3. The first-order chi connectivity index (χ1) is 7.44. The van der Waals surface area contributed by atoms with E-state index in [4.69, 9.17) is 0 Å². The van der Waals surface area contributed by atoms with E-state index in [1.54, 1.807) is 10.7 Å². The largest absolute Gasteiger partial charge is 0.389 e. The molecule has 1 aromatic heterocycles. The highest BCUT2D eigenvalue weighted by atomic mass is 19.4. The van der Waals surface area contributed by atoms with Crippen LogP contribution in [-0.2, 0) is 6.54 Å². The Morgan fingerprint density at radius 1 is 1.50 bits per heavy atom. The Balaban J connectivity index is 2.44. The summed E-state index contributed by atoms with van der Waals surface area (Å²) in [7, 11) is 0. The molecule has 1 atom stereocenters. The summed E-state index contributed by atoms with van der Waals surface area (Å²) in [6, 6.07) is 1.63. The number of aliphatic hydroxyl groups excluding tert-OH is 1. The third-order valence-electron chi connectivity index (χ3n) is 2.33. The minimum Gasteiger partial charge on any atom is -0.387 e. The smallest absolute Gasteiger partial charge is 0.387 e. The average Bonchev–Trinajstić information content (AvgIpc) is 2.63. The molecule has 0 spiro atoms. The molecule has 0 bridgehead atoms. The number of hydrogen-bond donors (Lipinski definition) is 1. The van der Waals surface area contributed by atoms with Crippen molar-refractivity contribution >= 4 is 0 Å². The van der Waals surface area contributed by atoms with Gasteiger partial charge < -0.3 is 5.11 Å². The average molecular weight is 236 g/mol. The van der Waals surface area contributed by atoms with Gasteiger partial charge in [-0.25, -0.2) is 0 Å². The molecule has 0 saturated heterocycles. The second-order valence-electron chi connectivity index (χ2n) is 3.60. The maximum atomic E-state index is 11.9. The van der Waals surface area contributed by atoms with E-state index in [9.17, 15) is 18.3 Å². The van der Waals surface area contributed by atoms with Gasteiger partial charge >= 0.3 is 6.18 Å². The van der Waals surface area contributed by atoms with Crippen LogP contribution in [0.25, 0.3) is 0 Å². The molecule has 1 heterocycles. The molecule has 92 valence electrons. The molecule has 0 aromatic carbocycles. The fourth-order valence-corrected chi connectivity index (χ4v) is 1.53. The predicted octanol–water partition coefficient (Wildman–Crippen LogP) is 2.67. The zero-order valence-corrected chi connectivity index (χ0v) is 9.04. The first kappa shape index (κ1) is 13.0. The van der Waals surface area contributed by atoms with Crippen LogP contribution in [0.3, 0.4) is 0 Å². The Morgan fingerprint density at radius 2 is 2.19 bits per heavy atom. The molecule has 1 unspecified atom stereocenters. The minimum absolute atomic E-state index is 0.0699. The SMILES string of the molecule is CCn1nccc1C(O)CCCC(F)(F)F. The van der Waals surface area contributed by atoms with Gasteiger partial charge in [-0.05, 0) is 25.8 Å². The highest BCUT2D eigenvalue weighted by Crippen LogP contribution is 2.26. The lowest BCUT2D eigenvalue weighted by Crippen LogP contribution is -2.10. The van der Waals surface area contributed by atoms with Crippen molar-refractivity contribution in [3.8, 4) is 0 Å². The molecular formula is C10H15F3N2O. The third-order valence-corrected chi connectivity index (χ3v) is 2.33. The molecule has 6 heteroatoms. The molecule has 0 saturated carbocycles. The van der Waals surface area contributed by atoms with Gasteiger partial charge in [0.15, 0.2) is 0 Å². The van der Waals surface area contributed by atoms with Crippen LogP contribution in [-0.4, -0.2) is 21.1 Å². The van der Waals surface area contributed by atoms with Crippen molar-refractivity contribution in [2.75, 3.05) is 0 Å². The molecule has 0 radical (unpaired) electrons. The molecule has 0 fully saturated rings. The number of aryl methyl sites for hydroxylation is 1. The molecule has 1 N–H and O–H groups in total. The quantitative estimate of drug-likeness (QED) is 0.853. The van der Waals surface area contributed by atoms with Gasteiger partial charge in [-0.2, -0.15) is 18.3 Å². The Morgan fingerprint density at radius 3 is 2.75 bits per heavy atom. The van der Waals surface area contributed by atoms with Crippen molar-refractivity contribution in [1.82, 2.24) is 9.78 Å². The van der Waals surface area contributed by atoms with Gasteiger partial charge in [-0.3, -0.25) is 4.68 Å². The summed E-state index contributed by atoms with van der Waals surface area (Å²) in [5.74, 6) is 0. The fraction of sp³-hybridized carbons (Fsp3) is 0.700. The highest BCUT2D eigenvalue weighted by molar-refractivity contribution is 5.04.